The number of aryl methyl sites for hydroxylation is 1. The molecule has 4 rings (SSSR count). The molecule has 0 radical (unpaired) electrons. The highest BCUT2D eigenvalue weighted by atomic mass is 35.5. The first-order chi connectivity index (χ1) is 13.9. The summed E-state index contributed by atoms with van der Waals surface area (Å²) in [5, 5.41) is 5.53. The first-order valence-electron chi connectivity index (χ1n) is 10.1. The van der Waals surface area contributed by atoms with Crippen LogP contribution in [-0.4, -0.2) is 91.9 Å². The molecule has 0 amide bonds. The van der Waals surface area contributed by atoms with Gasteiger partial charge < -0.3 is 9.80 Å². The molecule has 0 bridgehead atoms. The summed E-state index contributed by atoms with van der Waals surface area (Å²) in [6.07, 6.45) is 0. The number of sulfone groups is 1. The first kappa shape index (κ1) is 20.7. The van der Waals surface area contributed by atoms with Gasteiger partial charge in [-0.1, -0.05) is 11.6 Å². The van der Waals surface area contributed by atoms with E-state index in [1.807, 2.05) is 28.9 Å². The van der Waals surface area contributed by atoms with Crippen molar-refractivity contribution >= 4 is 27.3 Å². The van der Waals surface area contributed by atoms with E-state index >= 15 is 0 Å². The molecule has 158 valence electrons. The molecule has 0 spiro atoms. The van der Waals surface area contributed by atoms with Gasteiger partial charge in [-0.3, -0.25) is 4.90 Å². The second-order valence-corrected chi connectivity index (χ2v) is 10.6. The van der Waals surface area contributed by atoms with Crippen LogP contribution in [0.2, 0.25) is 5.02 Å². The minimum absolute atomic E-state index is 0.302. The topological polar surface area (TPSA) is 61.7 Å². The molecule has 1 aromatic heterocycles. The lowest BCUT2D eigenvalue weighted by Crippen LogP contribution is -2.50. The van der Waals surface area contributed by atoms with Gasteiger partial charge in [-0.15, -0.1) is 0 Å². The Morgan fingerprint density at radius 2 is 1.52 bits per heavy atom. The second kappa shape index (κ2) is 8.63. The van der Waals surface area contributed by atoms with E-state index in [0.717, 1.165) is 61.5 Å². The van der Waals surface area contributed by atoms with Crippen LogP contribution in [0.3, 0.4) is 0 Å². The summed E-state index contributed by atoms with van der Waals surface area (Å²) in [6.45, 7) is 9.24. The van der Waals surface area contributed by atoms with Crippen LogP contribution >= 0.6 is 11.6 Å². The van der Waals surface area contributed by atoms with Crippen molar-refractivity contribution < 1.29 is 8.42 Å². The summed E-state index contributed by atoms with van der Waals surface area (Å²) in [5.74, 6) is 1.62. The molecular formula is C20H28ClN5O2S. The lowest BCUT2D eigenvalue weighted by molar-refractivity contribution is 0.203. The third-order valence-electron chi connectivity index (χ3n) is 5.81. The van der Waals surface area contributed by atoms with E-state index in [1.165, 1.54) is 0 Å². The average molecular weight is 438 g/mol. The first-order valence-corrected chi connectivity index (χ1v) is 12.3. The van der Waals surface area contributed by atoms with Gasteiger partial charge in [0.05, 0.1) is 17.2 Å². The van der Waals surface area contributed by atoms with Gasteiger partial charge in [-0.25, -0.2) is 13.1 Å². The number of rotatable bonds is 5. The van der Waals surface area contributed by atoms with Crippen LogP contribution in [0.1, 0.15) is 5.69 Å². The Balaban J connectivity index is 1.29. The summed E-state index contributed by atoms with van der Waals surface area (Å²) < 4.78 is 25.1. The quantitative estimate of drug-likeness (QED) is 0.709. The van der Waals surface area contributed by atoms with E-state index in [-0.39, 0.29) is 0 Å². The molecule has 0 atom stereocenters. The maximum atomic E-state index is 11.5. The third kappa shape index (κ3) is 5.12. The molecule has 2 aromatic rings. The van der Waals surface area contributed by atoms with Crippen LogP contribution in [-0.2, 0) is 9.84 Å². The van der Waals surface area contributed by atoms with Crippen LogP contribution in [0.15, 0.2) is 30.3 Å². The largest absolute Gasteiger partial charge is 0.353 e. The van der Waals surface area contributed by atoms with Crippen molar-refractivity contribution in [1.82, 2.24) is 19.6 Å². The van der Waals surface area contributed by atoms with Gasteiger partial charge in [0.2, 0.25) is 0 Å². The normalized spacial score (nSPS) is 20.8. The minimum atomic E-state index is -2.80. The Morgan fingerprint density at radius 3 is 2.14 bits per heavy atom. The van der Waals surface area contributed by atoms with E-state index in [2.05, 4.69) is 27.7 Å². The maximum absolute atomic E-state index is 11.5. The number of hydrogen-bond donors (Lipinski definition) is 0. The van der Waals surface area contributed by atoms with Gasteiger partial charge >= 0.3 is 0 Å². The fraction of sp³-hybridized carbons (Fsp3) is 0.550. The molecule has 0 aliphatic carbocycles. The summed E-state index contributed by atoms with van der Waals surface area (Å²) in [5.41, 5.74) is 2.12. The van der Waals surface area contributed by atoms with Crippen LogP contribution in [0.4, 0.5) is 5.82 Å². The van der Waals surface area contributed by atoms with E-state index in [9.17, 15) is 8.42 Å². The summed E-state index contributed by atoms with van der Waals surface area (Å²) in [7, 11) is -2.80. The number of halogens is 1. The zero-order valence-corrected chi connectivity index (χ0v) is 18.4. The fourth-order valence-corrected chi connectivity index (χ4v) is 5.32. The van der Waals surface area contributed by atoms with Crippen LogP contribution in [0, 0.1) is 6.92 Å². The average Bonchev–Trinajstić information content (AvgIpc) is 3.10. The highest BCUT2D eigenvalue weighted by Crippen LogP contribution is 2.21. The zero-order valence-electron chi connectivity index (χ0n) is 16.8. The standard InChI is InChI=1S/C20H28ClN5O2S/c1-17-16-20(22-26(17)19-4-2-18(21)3-5-19)25-10-8-23(9-11-25)6-7-24-12-14-29(27,28)15-13-24/h2-5,16H,6-15H2,1H3. The van der Waals surface area contributed by atoms with Crippen molar-refractivity contribution in [1.29, 1.82) is 0 Å². The summed E-state index contributed by atoms with van der Waals surface area (Å²) in [6, 6.07) is 9.87. The molecule has 2 saturated heterocycles. The zero-order chi connectivity index (χ0) is 20.4. The molecule has 3 heterocycles. The SMILES string of the molecule is Cc1cc(N2CCN(CCN3CCS(=O)(=O)CC3)CC2)nn1-c1ccc(Cl)cc1. The Bertz CT molecular complexity index is 922. The fourth-order valence-electron chi connectivity index (χ4n) is 3.91. The van der Waals surface area contributed by atoms with E-state index in [0.29, 0.717) is 24.6 Å². The molecule has 2 fully saturated rings. The predicted molar refractivity (Wildman–Crippen MR) is 117 cm³/mol. The van der Waals surface area contributed by atoms with Crippen molar-refractivity contribution in [3.63, 3.8) is 0 Å². The molecule has 7 nitrogen and oxygen atoms in total. The number of aromatic nitrogens is 2. The van der Waals surface area contributed by atoms with Gasteiger partial charge in [-0.2, -0.15) is 5.10 Å². The lowest BCUT2D eigenvalue weighted by atomic mass is 10.3. The molecule has 1 aromatic carbocycles. The lowest BCUT2D eigenvalue weighted by Gasteiger charge is -2.36. The van der Waals surface area contributed by atoms with Crippen molar-refractivity contribution in [2.24, 2.45) is 0 Å². The number of piperazine rings is 1. The Kier molecular flexibility index (Phi) is 6.15. The van der Waals surface area contributed by atoms with Crippen LogP contribution < -0.4 is 4.90 Å². The van der Waals surface area contributed by atoms with Crippen molar-refractivity contribution in [2.75, 3.05) is 68.8 Å². The highest BCUT2D eigenvalue weighted by Gasteiger charge is 2.23. The van der Waals surface area contributed by atoms with Gasteiger partial charge in [0.25, 0.3) is 0 Å². The Hall–Kier alpha value is -1.61. The maximum Gasteiger partial charge on any atom is 0.152 e. The summed E-state index contributed by atoms with van der Waals surface area (Å²) >= 11 is 5.99. The molecule has 29 heavy (non-hydrogen) atoms. The number of anilines is 1. The van der Waals surface area contributed by atoms with Crippen molar-refractivity contribution in [2.45, 2.75) is 6.92 Å². The molecule has 0 saturated carbocycles. The molecule has 2 aliphatic rings. The predicted octanol–water partition coefficient (Wildman–Crippen LogP) is 1.69. The Labute approximate surface area is 177 Å². The van der Waals surface area contributed by atoms with E-state index in [1.54, 1.807) is 0 Å². The molecule has 0 unspecified atom stereocenters. The molecule has 9 heteroatoms. The third-order valence-corrected chi connectivity index (χ3v) is 7.67. The van der Waals surface area contributed by atoms with Crippen LogP contribution in [0.5, 0.6) is 0 Å². The number of nitrogens with zero attached hydrogens (tertiary/aromatic N) is 5. The summed E-state index contributed by atoms with van der Waals surface area (Å²) in [4.78, 5) is 7.07. The monoisotopic (exact) mass is 437 g/mol. The van der Waals surface area contributed by atoms with Gasteiger partial charge in [0.1, 0.15) is 0 Å². The van der Waals surface area contributed by atoms with E-state index in [4.69, 9.17) is 16.7 Å². The number of hydrogen-bond acceptors (Lipinski definition) is 6. The second-order valence-electron chi connectivity index (χ2n) is 7.85. The van der Waals surface area contributed by atoms with Crippen molar-refractivity contribution in [3.05, 3.63) is 41.0 Å². The molecule has 2 aliphatic heterocycles. The van der Waals surface area contributed by atoms with Crippen LogP contribution in [0.25, 0.3) is 5.69 Å². The molecule has 0 N–H and O–H groups in total. The van der Waals surface area contributed by atoms with Gasteiger partial charge in [-0.05, 0) is 31.2 Å². The van der Waals surface area contributed by atoms with Gasteiger partial charge in [0.15, 0.2) is 15.7 Å². The smallest absolute Gasteiger partial charge is 0.152 e. The van der Waals surface area contributed by atoms with E-state index < -0.39 is 9.84 Å². The van der Waals surface area contributed by atoms with Crippen molar-refractivity contribution in [3.8, 4) is 5.69 Å². The highest BCUT2D eigenvalue weighted by molar-refractivity contribution is 7.91. The Morgan fingerprint density at radius 1 is 0.931 bits per heavy atom. The minimum Gasteiger partial charge on any atom is -0.353 e. The van der Waals surface area contributed by atoms with Gasteiger partial charge in [0, 0.05) is 69.1 Å². The number of benzene rings is 1. The molecular weight excluding hydrogens is 410 g/mol.